The van der Waals surface area contributed by atoms with Crippen LogP contribution in [-0.4, -0.2) is 36.3 Å². The van der Waals surface area contributed by atoms with Crippen molar-refractivity contribution in [3.8, 4) is 0 Å². The molecule has 0 spiro atoms. The molecule has 1 aromatic carbocycles. The van der Waals surface area contributed by atoms with Gasteiger partial charge in [0, 0.05) is 32.1 Å². The van der Waals surface area contributed by atoms with Crippen molar-refractivity contribution in [2.24, 2.45) is 5.92 Å². The van der Waals surface area contributed by atoms with Crippen molar-refractivity contribution in [1.82, 2.24) is 10.2 Å². The van der Waals surface area contributed by atoms with E-state index in [2.05, 4.69) is 5.32 Å². The van der Waals surface area contributed by atoms with Gasteiger partial charge in [0.1, 0.15) is 0 Å². The molecule has 3 N–H and O–H groups in total. The van der Waals surface area contributed by atoms with Gasteiger partial charge in [-0.1, -0.05) is 11.6 Å². The Hall–Kier alpha value is -1.75. The largest absolute Gasteiger partial charge is 0.398 e. The van der Waals surface area contributed by atoms with E-state index in [-0.39, 0.29) is 11.8 Å². The number of rotatable bonds is 3. The zero-order valence-electron chi connectivity index (χ0n) is 12.1. The Labute approximate surface area is 129 Å². The molecule has 0 bridgehead atoms. The number of amides is 2. The van der Waals surface area contributed by atoms with Gasteiger partial charge in [0.2, 0.25) is 5.91 Å². The Balaban J connectivity index is 1.90. The Kier molecular flexibility index (Phi) is 5.07. The van der Waals surface area contributed by atoms with Crippen LogP contribution in [0.5, 0.6) is 0 Å². The van der Waals surface area contributed by atoms with Crippen LogP contribution in [0.2, 0.25) is 5.02 Å². The first-order chi connectivity index (χ1) is 9.97. The number of piperidine rings is 1. The van der Waals surface area contributed by atoms with Gasteiger partial charge in [-0.25, -0.2) is 0 Å². The van der Waals surface area contributed by atoms with Crippen molar-refractivity contribution in [1.29, 1.82) is 0 Å². The van der Waals surface area contributed by atoms with E-state index in [9.17, 15) is 9.59 Å². The average molecular weight is 310 g/mol. The van der Waals surface area contributed by atoms with Gasteiger partial charge >= 0.3 is 0 Å². The number of halogens is 1. The highest BCUT2D eigenvalue weighted by Crippen LogP contribution is 2.23. The van der Waals surface area contributed by atoms with Crippen molar-refractivity contribution in [3.05, 3.63) is 28.8 Å². The smallest absolute Gasteiger partial charge is 0.253 e. The summed E-state index contributed by atoms with van der Waals surface area (Å²) in [5, 5.41) is 3.24. The average Bonchev–Trinajstić information content (AvgIpc) is 2.48. The summed E-state index contributed by atoms with van der Waals surface area (Å²) in [6.45, 7) is 3.60. The number of carbonyl (C=O) groups excluding carboxylic acids is 2. The van der Waals surface area contributed by atoms with Crippen LogP contribution in [0.25, 0.3) is 0 Å². The lowest BCUT2D eigenvalue weighted by atomic mass is 9.96. The van der Waals surface area contributed by atoms with Crippen molar-refractivity contribution in [3.63, 3.8) is 0 Å². The highest BCUT2D eigenvalue weighted by Gasteiger charge is 2.23. The number of hydrogen-bond acceptors (Lipinski definition) is 3. The van der Waals surface area contributed by atoms with Crippen LogP contribution in [0.4, 0.5) is 5.69 Å². The van der Waals surface area contributed by atoms with E-state index in [1.807, 2.05) is 4.90 Å². The summed E-state index contributed by atoms with van der Waals surface area (Å²) in [5.41, 5.74) is 6.69. The van der Waals surface area contributed by atoms with Crippen molar-refractivity contribution in [2.45, 2.75) is 19.8 Å². The zero-order chi connectivity index (χ0) is 15.4. The molecule has 1 aliphatic heterocycles. The Morgan fingerprint density at radius 1 is 1.38 bits per heavy atom. The standard InChI is InChI=1S/C15H20ClN3O2/c1-10(20)18-9-11-4-6-19(7-5-11)15(21)12-2-3-14(17)13(16)8-12/h2-3,8,11H,4-7,9,17H2,1H3,(H,18,20). The number of hydrogen-bond donors (Lipinski definition) is 2. The molecule has 0 radical (unpaired) electrons. The summed E-state index contributed by atoms with van der Waals surface area (Å²) in [7, 11) is 0. The molecule has 0 unspecified atom stereocenters. The zero-order valence-corrected chi connectivity index (χ0v) is 12.8. The Bertz CT molecular complexity index is 540. The van der Waals surface area contributed by atoms with E-state index in [0.29, 0.717) is 41.8 Å². The fourth-order valence-electron chi connectivity index (χ4n) is 2.47. The lowest BCUT2D eigenvalue weighted by molar-refractivity contribution is -0.119. The molecule has 0 atom stereocenters. The molecule has 0 aliphatic carbocycles. The van der Waals surface area contributed by atoms with Crippen molar-refractivity contribution in [2.75, 3.05) is 25.4 Å². The first-order valence-corrected chi connectivity index (χ1v) is 7.44. The number of nitrogens with two attached hydrogens (primary N) is 1. The number of likely N-dealkylation sites (tertiary alicyclic amines) is 1. The molecule has 2 amide bonds. The van der Waals surface area contributed by atoms with Crippen LogP contribution in [0, 0.1) is 5.92 Å². The second kappa shape index (κ2) is 6.80. The number of benzene rings is 1. The highest BCUT2D eigenvalue weighted by atomic mass is 35.5. The highest BCUT2D eigenvalue weighted by molar-refractivity contribution is 6.33. The quantitative estimate of drug-likeness (QED) is 0.838. The van der Waals surface area contributed by atoms with E-state index >= 15 is 0 Å². The maximum Gasteiger partial charge on any atom is 0.253 e. The van der Waals surface area contributed by atoms with E-state index in [1.54, 1.807) is 18.2 Å². The summed E-state index contributed by atoms with van der Waals surface area (Å²) in [6, 6.07) is 4.97. The maximum absolute atomic E-state index is 12.4. The molecule has 1 heterocycles. The summed E-state index contributed by atoms with van der Waals surface area (Å²) in [5.74, 6) is 0.410. The molecule has 1 fully saturated rings. The maximum atomic E-state index is 12.4. The van der Waals surface area contributed by atoms with E-state index in [1.165, 1.54) is 6.92 Å². The fourth-order valence-corrected chi connectivity index (χ4v) is 2.65. The summed E-state index contributed by atoms with van der Waals surface area (Å²) >= 11 is 5.95. The predicted molar refractivity (Wildman–Crippen MR) is 83.2 cm³/mol. The molecule has 1 aliphatic rings. The lowest BCUT2D eigenvalue weighted by Gasteiger charge is -2.32. The number of carbonyl (C=O) groups is 2. The second-order valence-corrected chi connectivity index (χ2v) is 5.82. The minimum absolute atomic E-state index is 0.00924. The van der Waals surface area contributed by atoms with Crippen LogP contribution >= 0.6 is 11.6 Å². The van der Waals surface area contributed by atoms with Gasteiger partial charge in [-0.3, -0.25) is 9.59 Å². The van der Waals surface area contributed by atoms with Crippen LogP contribution < -0.4 is 11.1 Å². The molecular weight excluding hydrogens is 290 g/mol. The minimum Gasteiger partial charge on any atom is -0.398 e. The summed E-state index contributed by atoms with van der Waals surface area (Å²) in [4.78, 5) is 25.1. The third-order valence-electron chi connectivity index (χ3n) is 3.79. The fraction of sp³-hybridized carbons (Fsp3) is 0.467. The Morgan fingerprint density at radius 2 is 2.05 bits per heavy atom. The summed E-state index contributed by atoms with van der Waals surface area (Å²) in [6.07, 6.45) is 1.80. The van der Waals surface area contributed by atoms with Gasteiger partial charge in [0.15, 0.2) is 0 Å². The lowest BCUT2D eigenvalue weighted by Crippen LogP contribution is -2.41. The number of nitrogens with zero attached hydrogens (tertiary/aromatic N) is 1. The third kappa shape index (κ3) is 4.11. The second-order valence-electron chi connectivity index (χ2n) is 5.41. The molecular formula is C15H20ClN3O2. The van der Waals surface area contributed by atoms with Crippen LogP contribution in [0.3, 0.4) is 0 Å². The molecule has 5 nitrogen and oxygen atoms in total. The van der Waals surface area contributed by atoms with Gasteiger partial charge < -0.3 is 16.0 Å². The number of anilines is 1. The molecule has 0 aromatic heterocycles. The van der Waals surface area contributed by atoms with E-state index in [0.717, 1.165) is 12.8 Å². The predicted octanol–water partition coefficient (Wildman–Crippen LogP) is 1.91. The summed E-state index contributed by atoms with van der Waals surface area (Å²) < 4.78 is 0. The van der Waals surface area contributed by atoms with Crippen molar-refractivity contribution < 1.29 is 9.59 Å². The molecule has 0 saturated carbocycles. The van der Waals surface area contributed by atoms with Crippen LogP contribution in [0.15, 0.2) is 18.2 Å². The Morgan fingerprint density at radius 3 is 2.62 bits per heavy atom. The van der Waals surface area contributed by atoms with Gasteiger partial charge in [-0.15, -0.1) is 0 Å². The minimum atomic E-state index is -0.0186. The number of nitrogens with one attached hydrogen (secondary N) is 1. The van der Waals surface area contributed by atoms with Gasteiger partial charge in [0.25, 0.3) is 5.91 Å². The molecule has 1 saturated heterocycles. The first kappa shape index (κ1) is 15.6. The topological polar surface area (TPSA) is 75.4 Å². The van der Waals surface area contributed by atoms with Crippen LogP contribution in [-0.2, 0) is 4.79 Å². The van der Waals surface area contributed by atoms with Crippen LogP contribution in [0.1, 0.15) is 30.1 Å². The molecule has 6 heteroatoms. The van der Waals surface area contributed by atoms with Crippen molar-refractivity contribution >= 4 is 29.1 Å². The normalized spacial score (nSPS) is 15.8. The third-order valence-corrected chi connectivity index (χ3v) is 4.12. The molecule has 1 aromatic rings. The van der Waals surface area contributed by atoms with E-state index in [4.69, 9.17) is 17.3 Å². The van der Waals surface area contributed by atoms with Gasteiger partial charge in [-0.05, 0) is 37.0 Å². The molecule has 21 heavy (non-hydrogen) atoms. The molecule has 2 rings (SSSR count). The monoisotopic (exact) mass is 309 g/mol. The number of nitrogen functional groups attached to an aromatic ring is 1. The molecule has 114 valence electrons. The first-order valence-electron chi connectivity index (χ1n) is 7.06. The SMILES string of the molecule is CC(=O)NCC1CCN(C(=O)c2ccc(N)c(Cl)c2)CC1. The van der Waals surface area contributed by atoms with Gasteiger partial charge in [-0.2, -0.15) is 0 Å². The van der Waals surface area contributed by atoms with Gasteiger partial charge in [0.05, 0.1) is 10.7 Å². The van der Waals surface area contributed by atoms with E-state index < -0.39 is 0 Å².